The van der Waals surface area contributed by atoms with Crippen molar-refractivity contribution in [2.45, 2.75) is 69.1 Å². The largest absolute Gasteiger partial charge is 0.489 e. The van der Waals surface area contributed by atoms with Gasteiger partial charge in [-0.3, -0.25) is 4.90 Å². The maximum Gasteiger partial charge on any atom is 0.415 e. The van der Waals surface area contributed by atoms with E-state index < -0.39 is 51.8 Å². The number of anilines is 2. The van der Waals surface area contributed by atoms with E-state index in [9.17, 15) is 23.1 Å². The molecule has 48 heavy (non-hydrogen) atoms. The highest BCUT2D eigenvalue weighted by Gasteiger charge is 2.47. The number of ether oxygens (including phenoxy) is 3. The highest BCUT2D eigenvalue weighted by molar-refractivity contribution is 7.89. The van der Waals surface area contributed by atoms with Gasteiger partial charge in [-0.15, -0.1) is 0 Å². The van der Waals surface area contributed by atoms with Crippen LogP contribution in [0.4, 0.5) is 29.9 Å². The Bertz CT molecular complexity index is 1670. The lowest BCUT2D eigenvalue weighted by Gasteiger charge is -2.37. The van der Waals surface area contributed by atoms with E-state index in [1.54, 1.807) is 32.6 Å². The van der Waals surface area contributed by atoms with Gasteiger partial charge in [-0.25, -0.2) is 31.8 Å². The lowest BCUT2D eigenvalue weighted by atomic mass is 9.86. The van der Waals surface area contributed by atoms with E-state index in [0.717, 1.165) is 0 Å². The summed E-state index contributed by atoms with van der Waals surface area (Å²) in [7, 11) is -3.95. The fourth-order valence-electron chi connectivity index (χ4n) is 6.63. The molecular weight excluding hydrogens is 652 g/mol. The zero-order valence-corrected chi connectivity index (χ0v) is 28.2. The Morgan fingerprint density at radius 2 is 1.75 bits per heavy atom. The number of sulfonamides is 1. The van der Waals surface area contributed by atoms with Gasteiger partial charge in [0.25, 0.3) is 5.92 Å². The standard InChI is InChI=1S/C32H41F2N5O8S/c1-20-15-22(32(33,34)21-7-9-37(10-8-21)29(41)47-31(2,3)4)16-28(35-20)36-11-13-38(14-12-36)48(43,44)23-5-6-24-26(17-23)45-19-25-27(18-40)46-30(42)39(24)25/h5-6,15-17,21,25,27,40H,7-14,18-19H2,1-4H3/t25-,27+/m1/s1. The molecule has 2 amide bonds. The van der Waals surface area contributed by atoms with Crippen molar-refractivity contribution < 1.29 is 46.1 Å². The average Bonchev–Trinajstić information content (AvgIpc) is 3.39. The molecule has 0 spiro atoms. The van der Waals surface area contributed by atoms with Gasteiger partial charge >= 0.3 is 12.2 Å². The van der Waals surface area contributed by atoms with Crippen molar-refractivity contribution in [2.75, 3.05) is 62.3 Å². The number of cyclic esters (lactones) is 1. The Morgan fingerprint density at radius 1 is 1.06 bits per heavy atom. The Labute approximate surface area is 278 Å². The molecule has 13 nitrogen and oxygen atoms in total. The van der Waals surface area contributed by atoms with Gasteiger partial charge in [-0.05, 0) is 64.8 Å². The minimum atomic E-state index is -3.95. The van der Waals surface area contributed by atoms with Crippen LogP contribution in [0.15, 0.2) is 35.2 Å². The zero-order chi connectivity index (χ0) is 34.6. The van der Waals surface area contributed by atoms with Crippen LogP contribution in [0.1, 0.15) is 44.9 Å². The highest BCUT2D eigenvalue weighted by atomic mass is 32.2. The summed E-state index contributed by atoms with van der Waals surface area (Å²) in [5, 5.41) is 9.52. The quantitative estimate of drug-likeness (QED) is 0.476. The SMILES string of the molecule is Cc1cc(C(F)(F)C2CCN(C(=O)OC(C)(C)C)CC2)cc(N2CCN(S(=O)(=O)c3ccc4c(c3)OC[C@@H]3[C@H](CO)OC(=O)N43)CC2)n1. The number of piperidine rings is 1. The second-order valence-electron chi connectivity index (χ2n) is 13.6. The number of aliphatic hydroxyl groups excluding tert-OH is 1. The summed E-state index contributed by atoms with van der Waals surface area (Å²) in [6, 6.07) is 6.53. The lowest BCUT2D eigenvalue weighted by molar-refractivity contribution is -0.0862. The van der Waals surface area contributed by atoms with Crippen LogP contribution in [-0.2, 0) is 25.4 Å². The average molecular weight is 694 g/mol. The second kappa shape index (κ2) is 12.6. The Morgan fingerprint density at radius 3 is 2.40 bits per heavy atom. The van der Waals surface area contributed by atoms with Gasteiger partial charge < -0.3 is 29.1 Å². The van der Waals surface area contributed by atoms with E-state index in [4.69, 9.17) is 14.2 Å². The first-order valence-corrected chi connectivity index (χ1v) is 17.5. The summed E-state index contributed by atoms with van der Waals surface area (Å²) in [6.45, 7) is 7.65. The number of aliphatic hydroxyl groups is 1. The molecule has 1 aromatic heterocycles. The van der Waals surface area contributed by atoms with E-state index in [2.05, 4.69) is 4.98 Å². The number of pyridine rings is 1. The van der Waals surface area contributed by atoms with Crippen LogP contribution in [0.3, 0.4) is 0 Å². The number of aromatic nitrogens is 1. The topological polar surface area (TPSA) is 142 Å². The summed E-state index contributed by atoms with van der Waals surface area (Å²) < 4.78 is 76.8. The molecule has 2 aromatic rings. The van der Waals surface area contributed by atoms with E-state index in [-0.39, 0.29) is 81.5 Å². The number of carbonyl (C=O) groups is 2. The molecule has 1 N–H and O–H groups in total. The number of aryl methyl sites for hydroxylation is 1. The van der Waals surface area contributed by atoms with Gasteiger partial charge in [-0.1, -0.05) is 0 Å². The number of benzene rings is 1. The number of rotatable bonds is 6. The minimum absolute atomic E-state index is 0.00672. The number of hydrogen-bond donors (Lipinski definition) is 1. The Hall–Kier alpha value is -3.76. The number of carbonyl (C=O) groups excluding carboxylic acids is 2. The number of fused-ring (bicyclic) bond motifs is 3. The van der Waals surface area contributed by atoms with Crippen LogP contribution in [0.25, 0.3) is 0 Å². The van der Waals surface area contributed by atoms with E-state index in [1.807, 2.05) is 0 Å². The fraction of sp³-hybridized carbons (Fsp3) is 0.594. The van der Waals surface area contributed by atoms with Gasteiger partial charge in [-0.2, -0.15) is 4.31 Å². The van der Waals surface area contributed by atoms with E-state index >= 15 is 8.78 Å². The lowest BCUT2D eigenvalue weighted by Crippen LogP contribution is -2.49. The molecule has 0 aliphatic carbocycles. The molecule has 0 radical (unpaired) electrons. The highest BCUT2D eigenvalue weighted by Crippen LogP contribution is 2.43. The van der Waals surface area contributed by atoms with Crippen molar-refractivity contribution in [3.05, 3.63) is 41.6 Å². The van der Waals surface area contributed by atoms with Crippen LogP contribution >= 0.6 is 0 Å². The second-order valence-corrected chi connectivity index (χ2v) is 15.5. The molecule has 4 aliphatic heterocycles. The summed E-state index contributed by atoms with van der Waals surface area (Å²) in [5.74, 6) is -3.56. The molecule has 1 aromatic carbocycles. The summed E-state index contributed by atoms with van der Waals surface area (Å²) >= 11 is 0. The predicted molar refractivity (Wildman–Crippen MR) is 170 cm³/mol. The number of nitrogens with zero attached hydrogens (tertiary/aromatic N) is 5. The van der Waals surface area contributed by atoms with Gasteiger partial charge in [0.2, 0.25) is 10.0 Å². The van der Waals surface area contributed by atoms with E-state index in [1.165, 1.54) is 44.4 Å². The summed E-state index contributed by atoms with van der Waals surface area (Å²) in [6.07, 6.45) is -1.63. The molecule has 3 saturated heterocycles. The Balaban J connectivity index is 1.11. The molecule has 6 rings (SSSR count). The molecule has 3 fully saturated rings. The number of halogens is 2. The molecule has 262 valence electrons. The van der Waals surface area contributed by atoms with Crippen LogP contribution in [0.2, 0.25) is 0 Å². The van der Waals surface area contributed by atoms with Crippen LogP contribution < -0.4 is 14.5 Å². The third kappa shape index (κ3) is 6.49. The molecule has 2 atom stereocenters. The molecule has 0 bridgehead atoms. The monoisotopic (exact) mass is 693 g/mol. The van der Waals surface area contributed by atoms with Crippen molar-refractivity contribution in [1.82, 2.24) is 14.2 Å². The number of likely N-dealkylation sites (tertiary alicyclic amines) is 1. The van der Waals surface area contributed by atoms with Gasteiger partial charge in [0, 0.05) is 62.5 Å². The molecule has 0 saturated carbocycles. The van der Waals surface area contributed by atoms with E-state index in [0.29, 0.717) is 17.2 Å². The minimum Gasteiger partial charge on any atom is -0.489 e. The first kappa shape index (κ1) is 34.1. The Kier molecular flexibility index (Phi) is 8.96. The first-order chi connectivity index (χ1) is 22.6. The number of hydrogen-bond acceptors (Lipinski definition) is 10. The molecule has 16 heteroatoms. The van der Waals surface area contributed by atoms with Gasteiger partial charge in [0.15, 0.2) is 6.10 Å². The van der Waals surface area contributed by atoms with Gasteiger partial charge in [0.1, 0.15) is 29.8 Å². The summed E-state index contributed by atoms with van der Waals surface area (Å²) in [5.41, 5.74) is -0.0361. The van der Waals surface area contributed by atoms with Crippen molar-refractivity contribution in [1.29, 1.82) is 0 Å². The molecular formula is C32H41F2N5O8S. The molecule has 5 heterocycles. The van der Waals surface area contributed by atoms with Crippen LogP contribution in [0, 0.1) is 12.8 Å². The number of alkyl halides is 2. The maximum absolute atomic E-state index is 15.9. The van der Waals surface area contributed by atoms with Gasteiger partial charge in [0.05, 0.1) is 17.2 Å². The molecule has 0 unspecified atom stereocenters. The number of piperazine rings is 1. The zero-order valence-electron chi connectivity index (χ0n) is 27.4. The third-order valence-electron chi connectivity index (χ3n) is 9.17. The van der Waals surface area contributed by atoms with Crippen molar-refractivity contribution >= 4 is 33.7 Å². The van der Waals surface area contributed by atoms with Crippen molar-refractivity contribution in [3.63, 3.8) is 0 Å². The third-order valence-corrected chi connectivity index (χ3v) is 11.1. The maximum atomic E-state index is 15.9. The van der Waals surface area contributed by atoms with Crippen LogP contribution in [0.5, 0.6) is 5.75 Å². The smallest absolute Gasteiger partial charge is 0.415 e. The predicted octanol–water partition coefficient (Wildman–Crippen LogP) is 3.72. The van der Waals surface area contributed by atoms with Crippen molar-refractivity contribution in [3.8, 4) is 5.75 Å². The van der Waals surface area contributed by atoms with Crippen LogP contribution in [-0.4, -0.2) is 110 Å². The normalized spacial score (nSPS) is 22.6. The van der Waals surface area contributed by atoms with Crippen molar-refractivity contribution in [2.24, 2.45) is 5.92 Å². The first-order valence-electron chi connectivity index (χ1n) is 16.1. The fourth-order valence-corrected chi connectivity index (χ4v) is 8.07. The number of amides is 2. The summed E-state index contributed by atoms with van der Waals surface area (Å²) in [4.78, 5) is 34.0. The molecule has 4 aliphatic rings.